The van der Waals surface area contributed by atoms with Crippen LogP contribution in [-0.4, -0.2) is 30.8 Å². The molecule has 6 nitrogen and oxygen atoms in total. The maximum absolute atomic E-state index is 13.2. The number of fused-ring (bicyclic) bond motifs is 1. The molecule has 31 heavy (non-hydrogen) atoms. The van der Waals surface area contributed by atoms with E-state index >= 15 is 0 Å². The molecule has 1 unspecified atom stereocenters. The highest BCUT2D eigenvalue weighted by molar-refractivity contribution is 6.04. The lowest BCUT2D eigenvalue weighted by Crippen LogP contribution is -2.29. The van der Waals surface area contributed by atoms with Crippen molar-refractivity contribution < 1.29 is 27.6 Å². The average Bonchev–Trinajstić information content (AvgIpc) is 3.30. The summed E-state index contributed by atoms with van der Waals surface area (Å²) in [6.07, 6.45) is -4.01. The molecule has 4 rings (SSSR count). The van der Waals surface area contributed by atoms with Gasteiger partial charge in [0.25, 0.3) is 0 Å². The lowest BCUT2D eigenvalue weighted by molar-refractivity contribution is -0.137. The number of hydrogen-bond acceptors (Lipinski definition) is 3. The van der Waals surface area contributed by atoms with E-state index in [0.29, 0.717) is 18.7 Å². The highest BCUT2D eigenvalue weighted by Gasteiger charge is 2.38. The predicted molar refractivity (Wildman–Crippen MR) is 109 cm³/mol. The van der Waals surface area contributed by atoms with E-state index in [4.69, 9.17) is 0 Å². The smallest absolute Gasteiger partial charge is 0.325 e. The first kappa shape index (κ1) is 20.9. The Labute approximate surface area is 176 Å². The molecule has 3 amide bonds. The van der Waals surface area contributed by atoms with E-state index in [-0.39, 0.29) is 30.5 Å². The van der Waals surface area contributed by atoms with Crippen LogP contribution in [0.4, 0.5) is 30.2 Å². The minimum absolute atomic E-state index is 0.0559. The van der Waals surface area contributed by atoms with E-state index in [1.165, 1.54) is 30.0 Å². The molecule has 0 spiro atoms. The van der Waals surface area contributed by atoms with Gasteiger partial charge in [-0.05, 0) is 42.3 Å². The number of alkyl halides is 3. The lowest BCUT2D eigenvalue weighted by atomic mass is 10.1. The summed E-state index contributed by atoms with van der Waals surface area (Å²) >= 11 is 0. The fourth-order valence-electron chi connectivity index (χ4n) is 4.09. The van der Waals surface area contributed by atoms with Gasteiger partial charge in [0.2, 0.25) is 17.7 Å². The number of para-hydroxylation sites is 1. The Morgan fingerprint density at radius 2 is 1.87 bits per heavy atom. The Hall–Kier alpha value is -3.36. The molecule has 1 atom stereocenters. The molecule has 162 valence electrons. The molecule has 0 bridgehead atoms. The molecular formula is C22H20F3N3O3. The van der Waals surface area contributed by atoms with Crippen molar-refractivity contribution in [2.75, 3.05) is 28.2 Å². The predicted octanol–water partition coefficient (Wildman–Crippen LogP) is 3.61. The number of anilines is 3. The van der Waals surface area contributed by atoms with Crippen molar-refractivity contribution in [2.24, 2.45) is 5.92 Å². The van der Waals surface area contributed by atoms with Crippen LogP contribution in [0.2, 0.25) is 0 Å². The molecule has 2 aliphatic heterocycles. The third-order valence-electron chi connectivity index (χ3n) is 5.64. The van der Waals surface area contributed by atoms with Gasteiger partial charge in [0, 0.05) is 37.8 Å². The van der Waals surface area contributed by atoms with Crippen LogP contribution in [0.5, 0.6) is 0 Å². The van der Waals surface area contributed by atoms with Crippen molar-refractivity contribution in [3.05, 3.63) is 53.6 Å². The number of hydrogen-bond donors (Lipinski definition) is 1. The molecule has 2 aliphatic rings. The molecule has 1 fully saturated rings. The first-order valence-corrected chi connectivity index (χ1v) is 9.83. The van der Waals surface area contributed by atoms with Crippen LogP contribution in [0.15, 0.2) is 42.5 Å². The molecular weight excluding hydrogens is 411 g/mol. The van der Waals surface area contributed by atoms with E-state index in [2.05, 4.69) is 5.32 Å². The van der Waals surface area contributed by atoms with Crippen molar-refractivity contribution in [2.45, 2.75) is 25.9 Å². The van der Waals surface area contributed by atoms with Gasteiger partial charge >= 0.3 is 6.18 Å². The molecule has 0 saturated carbocycles. The van der Waals surface area contributed by atoms with Crippen molar-refractivity contribution in [1.82, 2.24) is 0 Å². The highest BCUT2D eigenvalue weighted by atomic mass is 19.4. The van der Waals surface area contributed by atoms with Crippen molar-refractivity contribution in [3.63, 3.8) is 0 Å². The van der Waals surface area contributed by atoms with Crippen LogP contribution < -0.4 is 15.1 Å². The topological polar surface area (TPSA) is 69.7 Å². The maximum Gasteiger partial charge on any atom is 0.418 e. The Bertz CT molecular complexity index is 1070. The van der Waals surface area contributed by atoms with Gasteiger partial charge in [-0.1, -0.05) is 12.1 Å². The Balaban J connectivity index is 1.49. The quantitative estimate of drug-likeness (QED) is 0.807. The second-order valence-electron chi connectivity index (χ2n) is 7.67. The fraction of sp³-hybridized carbons (Fsp3) is 0.318. The van der Waals surface area contributed by atoms with Crippen LogP contribution in [0.25, 0.3) is 0 Å². The number of benzene rings is 2. The zero-order chi connectivity index (χ0) is 22.3. The summed E-state index contributed by atoms with van der Waals surface area (Å²) in [4.78, 5) is 40.0. The SMILES string of the molecule is CC(=O)N1CCc2cc(N3CC(C(=O)Nc4ccccc4C(F)(F)F)CC3=O)ccc21. The third-order valence-corrected chi connectivity index (χ3v) is 5.64. The zero-order valence-electron chi connectivity index (χ0n) is 16.7. The van der Waals surface area contributed by atoms with Gasteiger partial charge in [0.1, 0.15) is 0 Å². The van der Waals surface area contributed by atoms with Crippen LogP contribution in [0, 0.1) is 5.92 Å². The summed E-state index contributed by atoms with van der Waals surface area (Å²) in [5.41, 5.74) is 1.10. The molecule has 2 aromatic rings. The van der Waals surface area contributed by atoms with E-state index in [1.54, 1.807) is 17.0 Å². The van der Waals surface area contributed by atoms with E-state index in [0.717, 1.165) is 17.3 Å². The Morgan fingerprint density at radius 3 is 2.58 bits per heavy atom. The minimum Gasteiger partial charge on any atom is -0.325 e. The molecule has 1 N–H and O–H groups in total. The largest absolute Gasteiger partial charge is 0.418 e. The first-order chi connectivity index (χ1) is 14.6. The molecule has 0 radical (unpaired) electrons. The number of amides is 3. The summed E-state index contributed by atoms with van der Waals surface area (Å²) < 4.78 is 39.5. The van der Waals surface area contributed by atoms with Crippen molar-refractivity contribution in [1.29, 1.82) is 0 Å². The fourth-order valence-corrected chi connectivity index (χ4v) is 4.09. The van der Waals surface area contributed by atoms with Crippen LogP contribution in [0.1, 0.15) is 24.5 Å². The number of rotatable bonds is 3. The van der Waals surface area contributed by atoms with Gasteiger partial charge in [-0.3, -0.25) is 14.4 Å². The third kappa shape index (κ3) is 3.99. The first-order valence-electron chi connectivity index (χ1n) is 9.83. The van der Waals surface area contributed by atoms with Crippen LogP contribution in [0.3, 0.4) is 0 Å². The van der Waals surface area contributed by atoms with E-state index in [1.807, 2.05) is 6.07 Å². The number of halogens is 3. The van der Waals surface area contributed by atoms with Crippen LogP contribution in [-0.2, 0) is 27.0 Å². The van der Waals surface area contributed by atoms with Crippen LogP contribution >= 0.6 is 0 Å². The van der Waals surface area contributed by atoms with E-state index in [9.17, 15) is 27.6 Å². The Kier molecular flexibility index (Phi) is 5.20. The average molecular weight is 431 g/mol. The van der Waals surface area contributed by atoms with Gasteiger partial charge in [-0.2, -0.15) is 13.2 Å². The summed E-state index contributed by atoms with van der Waals surface area (Å²) in [6, 6.07) is 10.1. The van der Waals surface area contributed by atoms with E-state index < -0.39 is 23.6 Å². The zero-order valence-corrected chi connectivity index (χ0v) is 16.7. The van der Waals surface area contributed by atoms with Gasteiger partial charge in [-0.15, -0.1) is 0 Å². The van der Waals surface area contributed by atoms with Crippen molar-refractivity contribution in [3.8, 4) is 0 Å². The molecule has 2 aromatic carbocycles. The summed E-state index contributed by atoms with van der Waals surface area (Å²) in [6.45, 7) is 2.15. The van der Waals surface area contributed by atoms with Gasteiger partial charge in [-0.25, -0.2) is 0 Å². The summed E-state index contributed by atoms with van der Waals surface area (Å²) in [7, 11) is 0. The normalized spacial score (nSPS) is 18.3. The molecule has 1 saturated heterocycles. The second kappa shape index (κ2) is 7.72. The molecule has 0 aliphatic carbocycles. The summed E-state index contributed by atoms with van der Waals surface area (Å²) in [5.74, 6) is -1.72. The number of carbonyl (C=O) groups is 3. The van der Waals surface area contributed by atoms with Gasteiger partial charge < -0.3 is 15.1 Å². The summed E-state index contributed by atoms with van der Waals surface area (Å²) in [5, 5.41) is 2.33. The van der Waals surface area contributed by atoms with Gasteiger partial charge in [0.15, 0.2) is 0 Å². The minimum atomic E-state index is -4.60. The Morgan fingerprint density at radius 1 is 1.13 bits per heavy atom. The number of nitrogens with zero attached hydrogens (tertiary/aromatic N) is 2. The number of nitrogens with one attached hydrogen (secondary N) is 1. The standard InChI is InChI=1S/C22H20F3N3O3/c1-13(29)27-9-8-14-10-16(6-7-19(14)27)28-12-15(11-20(28)30)21(31)26-18-5-3-2-4-17(18)22(23,24)25/h2-7,10,15H,8-9,11-12H2,1H3,(H,26,31). The lowest BCUT2D eigenvalue weighted by Gasteiger charge is -2.19. The molecule has 0 aromatic heterocycles. The van der Waals surface area contributed by atoms with Crippen molar-refractivity contribution >= 4 is 34.8 Å². The number of carbonyl (C=O) groups excluding carboxylic acids is 3. The monoisotopic (exact) mass is 431 g/mol. The maximum atomic E-state index is 13.2. The molecule has 9 heteroatoms. The van der Waals surface area contributed by atoms with Gasteiger partial charge in [0.05, 0.1) is 17.2 Å². The molecule has 2 heterocycles. The second-order valence-corrected chi connectivity index (χ2v) is 7.67. The highest BCUT2D eigenvalue weighted by Crippen LogP contribution is 2.36.